The first-order chi connectivity index (χ1) is 31.6. The Balaban J connectivity index is 0.000000160. The van der Waals surface area contributed by atoms with Crippen LogP contribution in [0.15, 0.2) is 146 Å². The number of nitrogens with zero attached hydrogens (tertiary/aromatic N) is 6. The fourth-order valence-corrected chi connectivity index (χ4v) is 10.2. The summed E-state index contributed by atoms with van der Waals surface area (Å²) in [5.41, 5.74) is 10.4. The van der Waals surface area contributed by atoms with Crippen molar-refractivity contribution in [3.05, 3.63) is 209 Å². The molecule has 2 aromatic heterocycles. The SMILES string of the molecule is N#Cc1c(Cl)c(-n2c3ccccc3c3ccccc32)c(C#N)c(Cl)c1-n1c2ccccc2c2ccccc21.N#Cc1c(Cl)c(Cl)c(C#N)c(Cl)c1Cl.c1ccc2c(c1)Cc1ccccc1-2. The highest BCUT2D eigenvalue weighted by Crippen LogP contribution is 2.46. The Hall–Kier alpha value is -6.94. The fraction of sp³-hybridized carbons (Fsp3) is 0.0189. The van der Waals surface area contributed by atoms with Crippen LogP contribution in [0, 0.1) is 45.3 Å². The van der Waals surface area contributed by atoms with Crippen molar-refractivity contribution in [3.8, 4) is 46.8 Å². The second kappa shape index (κ2) is 17.9. The van der Waals surface area contributed by atoms with Gasteiger partial charge in [-0.05, 0) is 52.9 Å². The first-order valence-corrected chi connectivity index (χ1v) is 22.1. The molecule has 0 unspecified atom stereocenters. The van der Waals surface area contributed by atoms with Gasteiger partial charge >= 0.3 is 0 Å². The molecule has 11 rings (SSSR count). The summed E-state index contributed by atoms with van der Waals surface area (Å²) < 4.78 is 3.88. The molecule has 0 bridgehead atoms. The molecule has 0 saturated heterocycles. The zero-order valence-corrected chi connectivity index (χ0v) is 38.1. The first-order valence-electron chi connectivity index (χ1n) is 19.8. The van der Waals surface area contributed by atoms with Gasteiger partial charge in [-0.1, -0.05) is 191 Å². The Labute approximate surface area is 403 Å². The van der Waals surface area contributed by atoms with Crippen LogP contribution < -0.4 is 0 Å². The minimum absolute atomic E-state index is 0.0256. The van der Waals surface area contributed by atoms with Crippen LogP contribution in [0.1, 0.15) is 33.4 Å². The normalized spacial score (nSPS) is 11.1. The Morgan fingerprint density at radius 3 is 0.877 bits per heavy atom. The van der Waals surface area contributed by atoms with Gasteiger partial charge in [0.25, 0.3) is 0 Å². The fourth-order valence-electron chi connectivity index (χ4n) is 8.52. The Kier molecular flexibility index (Phi) is 11.9. The molecule has 310 valence electrons. The third-order valence-corrected chi connectivity index (χ3v) is 13.8. The molecule has 0 fully saturated rings. The average Bonchev–Trinajstić information content (AvgIpc) is 4.00. The summed E-state index contributed by atoms with van der Waals surface area (Å²) >= 11 is 37.1. The number of fused-ring (bicyclic) bond motifs is 9. The van der Waals surface area contributed by atoms with E-state index in [0.29, 0.717) is 11.4 Å². The number of para-hydroxylation sites is 4. The second-order valence-corrected chi connectivity index (χ2v) is 17.0. The summed E-state index contributed by atoms with van der Waals surface area (Å²) in [7, 11) is 0. The summed E-state index contributed by atoms with van der Waals surface area (Å²) in [6.07, 6.45) is 1.10. The van der Waals surface area contributed by atoms with E-state index in [1.165, 1.54) is 22.3 Å². The van der Waals surface area contributed by atoms with Crippen molar-refractivity contribution in [2.75, 3.05) is 0 Å². The van der Waals surface area contributed by atoms with Gasteiger partial charge in [0.05, 0.1) is 85.8 Å². The zero-order valence-electron chi connectivity index (χ0n) is 33.5. The lowest BCUT2D eigenvalue weighted by molar-refractivity contribution is 1.12. The molecular weight excluding hydrogens is 933 g/mol. The average molecular weight is 960 g/mol. The maximum atomic E-state index is 10.5. The minimum Gasteiger partial charge on any atom is -0.306 e. The Bertz CT molecular complexity index is 3400. The Morgan fingerprint density at radius 1 is 0.323 bits per heavy atom. The van der Waals surface area contributed by atoms with Gasteiger partial charge < -0.3 is 9.13 Å². The van der Waals surface area contributed by atoms with E-state index in [0.717, 1.165) is 50.0 Å². The molecule has 0 spiro atoms. The predicted molar refractivity (Wildman–Crippen MR) is 265 cm³/mol. The largest absolute Gasteiger partial charge is 0.306 e. The van der Waals surface area contributed by atoms with E-state index in [1.807, 2.05) is 106 Å². The molecule has 65 heavy (non-hydrogen) atoms. The van der Waals surface area contributed by atoms with Crippen LogP contribution in [0.3, 0.4) is 0 Å². The number of rotatable bonds is 2. The molecule has 0 radical (unpaired) electrons. The van der Waals surface area contributed by atoms with E-state index >= 15 is 0 Å². The monoisotopic (exact) mass is 956 g/mol. The number of hydrogen-bond donors (Lipinski definition) is 0. The maximum Gasteiger partial charge on any atom is 0.103 e. The van der Waals surface area contributed by atoms with Crippen LogP contribution in [0.25, 0.3) is 66.1 Å². The van der Waals surface area contributed by atoms with Crippen LogP contribution in [0.2, 0.25) is 30.1 Å². The first kappa shape index (κ1) is 43.3. The summed E-state index contributed by atoms with van der Waals surface area (Å²) in [6, 6.07) is 57.2. The molecule has 12 heteroatoms. The molecule has 6 nitrogen and oxygen atoms in total. The molecule has 1 aliphatic carbocycles. The summed E-state index contributed by atoms with van der Waals surface area (Å²) in [5, 5.41) is 42.6. The standard InChI is InChI=1S/C32H16Cl2N4.C13H10.C8Cl4N2/c33-29-24(18-36)32(38-27-15-7-3-11-21(27)22-12-4-8-16-28(22)38)30(34)23(17-35)31(29)37-25-13-5-1-9-19(25)20-10-2-6-14-26(20)37;1-3-7-12-10(5-1)9-11-6-2-4-8-13(11)12;9-5-3(1-13)6(10)8(12)4(2-14)7(5)11/h1-16H;1-8H,9H2;. The van der Waals surface area contributed by atoms with Crippen molar-refractivity contribution < 1.29 is 0 Å². The highest BCUT2D eigenvalue weighted by Gasteiger charge is 2.29. The van der Waals surface area contributed by atoms with E-state index < -0.39 is 0 Å². The van der Waals surface area contributed by atoms with Crippen LogP contribution in [-0.2, 0) is 6.42 Å². The van der Waals surface area contributed by atoms with Gasteiger partial charge in [-0.2, -0.15) is 21.0 Å². The highest BCUT2D eigenvalue weighted by atomic mass is 35.5. The van der Waals surface area contributed by atoms with Crippen molar-refractivity contribution in [3.63, 3.8) is 0 Å². The van der Waals surface area contributed by atoms with E-state index in [1.54, 1.807) is 12.1 Å². The van der Waals surface area contributed by atoms with Crippen molar-refractivity contribution in [1.29, 1.82) is 21.0 Å². The summed E-state index contributed by atoms with van der Waals surface area (Å²) in [6.45, 7) is 0. The number of benzene rings is 8. The van der Waals surface area contributed by atoms with E-state index in [-0.39, 0.29) is 52.4 Å². The highest BCUT2D eigenvalue weighted by molar-refractivity contribution is 6.49. The molecule has 0 saturated carbocycles. The van der Waals surface area contributed by atoms with Gasteiger partial charge in [0, 0.05) is 21.5 Å². The van der Waals surface area contributed by atoms with E-state index in [9.17, 15) is 10.5 Å². The lowest BCUT2D eigenvalue weighted by Crippen LogP contribution is -2.07. The van der Waals surface area contributed by atoms with E-state index in [4.69, 9.17) is 80.1 Å². The molecular formula is C53H26Cl6N6. The quantitative estimate of drug-likeness (QED) is 0.161. The zero-order chi connectivity index (χ0) is 45.5. The third kappa shape index (κ3) is 7.19. The maximum absolute atomic E-state index is 10.5. The van der Waals surface area contributed by atoms with Crippen molar-refractivity contribution in [1.82, 2.24) is 9.13 Å². The summed E-state index contributed by atoms with van der Waals surface area (Å²) in [4.78, 5) is 0. The van der Waals surface area contributed by atoms with Gasteiger partial charge in [-0.3, -0.25) is 0 Å². The molecule has 0 amide bonds. The van der Waals surface area contributed by atoms with Gasteiger partial charge in [-0.15, -0.1) is 0 Å². The van der Waals surface area contributed by atoms with Gasteiger partial charge in [-0.25, -0.2) is 0 Å². The molecule has 0 aliphatic heterocycles. The minimum atomic E-state index is -0.0554. The molecule has 2 heterocycles. The van der Waals surface area contributed by atoms with Crippen LogP contribution >= 0.6 is 69.6 Å². The van der Waals surface area contributed by atoms with Crippen LogP contribution in [0.5, 0.6) is 0 Å². The summed E-state index contributed by atoms with van der Waals surface area (Å²) in [5.74, 6) is 0. The second-order valence-electron chi connectivity index (χ2n) is 14.8. The number of nitriles is 4. The lowest BCUT2D eigenvalue weighted by Gasteiger charge is -2.19. The van der Waals surface area contributed by atoms with Crippen LogP contribution in [0.4, 0.5) is 0 Å². The Morgan fingerprint density at radius 2 is 0.585 bits per heavy atom. The molecule has 10 aromatic rings. The van der Waals surface area contributed by atoms with Gasteiger partial charge in [0.1, 0.15) is 24.3 Å². The molecule has 8 aromatic carbocycles. The van der Waals surface area contributed by atoms with Crippen molar-refractivity contribution in [2.24, 2.45) is 0 Å². The predicted octanol–water partition coefficient (Wildman–Crippen LogP) is 16.2. The molecule has 1 aliphatic rings. The lowest BCUT2D eigenvalue weighted by atomic mass is 10.1. The van der Waals surface area contributed by atoms with Crippen molar-refractivity contribution in [2.45, 2.75) is 6.42 Å². The number of hydrogen-bond acceptors (Lipinski definition) is 4. The third-order valence-electron chi connectivity index (χ3n) is 11.4. The van der Waals surface area contributed by atoms with Crippen LogP contribution in [-0.4, -0.2) is 9.13 Å². The smallest absolute Gasteiger partial charge is 0.103 e. The molecule has 0 atom stereocenters. The van der Waals surface area contributed by atoms with E-state index in [2.05, 4.69) is 60.7 Å². The van der Waals surface area contributed by atoms with Gasteiger partial charge in [0.2, 0.25) is 0 Å². The number of aromatic nitrogens is 2. The number of halogens is 6. The topological polar surface area (TPSA) is 105 Å². The van der Waals surface area contributed by atoms with Crippen molar-refractivity contribution >= 4 is 113 Å². The van der Waals surface area contributed by atoms with Gasteiger partial charge in [0.15, 0.2) is 0 Å². The molecule has 0 N–H and O–H groups in total.